The number of nitrogens with one attached hydrogen (secondary N) is 1. The van der Waals surface area contributed by atoms with Crippen molar-refractivity contribution in [2.75, 3.05) is 18.8 Å². The lowest BCUT2D eigenvalue weighted by atomic mass is 10.2. The van der Waals surface area contributed by atoms with Gasteiger partial charge < -0.3 is 11.1 Å². The molecule has 25 heavy (non-hydrogen) atoms. The van der Waals surface area contributed by atoms with Crippen LogP contribution >= 0.6 is 0 Å². The molecule has 0 fully saturated rings. The monoisotopic (exact) mass is 361 g/mol. The van der Waals surface area contributed by atoms with Gasteiger partial charge in [-0.2, -0.15) is 4.31 Å². The number of carbonyl (C=O) groups excluding carboxylic acids is 1. The van der Waals surface area contributed by atoms with E-state index in [4.69, 9.17) is 5.73 Å². The number of nitrogen functional groups attached to an aromatic ring is 1. The summed E-state index contributed by atoms with van der Waals surface area (Å²) >= 11 is 0. The second kappa shape index (κ2) is 8.13. The van der Waals surface area contributed by atoms with Crippen LogP contribution in [0.1, 0.15) is 29.8 Å². The molecule has 0 saturated carbocycles. The van der Waals surface area contributed by atoms with Crippen LogP contribution < -0.4 is 11.1 Å². The van der Waals surface area contributed by atoms with E-state index in [2.05, 4.69) is 5.32 Å². The highest BCUT2D eigenvalue weighted by atomic mass is 32.2. The molecule has 2 aromatic carbocycles. The van der Waals surface area contributed by atoms with Crippen LogP contribution in [-0.2, 0) is 16.6 Å². The zero-order valence-electron chi connectivity index (χ0n) is 14.4. The molecule has 0 atom stereocenters. The van der Waals surface area contributed by atoms with Gasteiger partial charge in [-0.25, -0.2) is 8.42 Å². The van der Waals surface area contributed by atoms with Crippen LogP contribution in [0.25, 0.3) is 0 Å². The van der Waals surface area contributed by atoms with Crippen molar-refractivity contribution in [2.24, 2.45) is 0 Å². The Morgan fingerprint density at radius 2 is 1.72 bits per heavy atom. The smallest absolute Gasteiger partial charge is 0.251 e. The molecule has 7 heteroatoms. The van der Waals surface area contributed by atoms with Crippen LogP contribution in [0.2, 0.25) is 0 Å². The molecule has 0 heterocycles. The van der Waals surface area contributed by atoms with Gasteiger partial charge in [-0.1, -0.05) is 32.0 Å². The lowest BCUT2D eigenvalue weighted by Crippen LogP contribution is -2.30. The quantitative estimate of drug-likeness (QED) is 0.740. The number of nitrogens with two attached hydrogens (primary N) is 1. The van der Waals surface area contributed by atoms with Gasteiger partial charge >= 0.3 is 0 Å². The van der Waals surface area contributed by atoms with Gasteiger partial charge in [0.1, 0.15) is 0 Å². The normalized spacial score (nSPS) is 11.5. The minimum Gasteiger partial charge on any atom is -0.399 e. The van der Waals surface area contributed by atoms with E-state index in [-0.39, 0.29) is 10.8 Å². The van der Waals surface area contributed by atoms with Crippen molar-refractivity contribution in [3.63, 3.8) is 0 Å². The third kappa shape index (κ3) is 4.58. The Bertz CT molecular complexity index is 829. The molecule has 0 aliphatic rings. The summed E-state index contributed by atoms with van der Waals surface area (Å²) < 4.78 is 26.3. The molecule has 0 aromatic heterocycles. The first kappa shape index (κ1) is 19.0. The summed E-state index contributed by atoms with van der Waals surface area (Å²) in [6.45, 7) is 4.77. The highest BCUT2D eigenvalue weighted by Crippen LogP contribution is 2.16. The fourth-order valence-corrected chi connectivity index (χ4v) is 3.91. The Labute approximate surface area is 148 Å². The Hall–Kier alpha value is -2.38. The van der Waals surface area contributed by atoms with Crippen molar-refractivity contribution >= 4 is 21.6 Å². The van der Waals surface area contributed by atoms with E-state index in [1.165, 1.54) is 4.31 Å². The average Bonchev–Trinajstić information content (AvgIpc) is 2.61. The van der Waals surface area contributed by atoms with Gasteiger partial charge in [-0.15, -0.1) is 0 Å². The van der Waals surface area contributed by atoms with Crippen molar-refractivity contribution in [1.29, 1.82) is 0 Å². The number of nitrogens with zero attached hydrogens (tertiary/aromatic N) is 1. The number of hydrogen-bond acceptors (Lipinski definition) is 4. The van der Waals surface area contributed by atoms with Crippen LogP contribution in [0.4, 0.5) is 5.69 Å². The van der Waals surface area contributed by atoms with Gasteiger partial charge in [0.2, 0.25) is 10.0 Å². The summed E-state index contributed by atoms with van der Waals surface area (Å²) in [5, 5.41) is 2.79. The largest absolute Gasteiger partial charge is 0.399 e. The minimum atomic E-state index is -3.46. The van der Waals surface area contributed by atoms with E-state index >= 15 is 0 Å². The fourth-order valence-electron chi connectivity index (χ4n) is 2.46. The topological polar surface area (TPSA) is 92.5 Å². The molecule has 0 bridgehead atoms. The van der Waals surface area contributed by atoms with Crippen LogP contribution in [0.5, 0.6) is 0 Å². The van der Waals surface area contributed by atoms with Crippen molar-refractivity contribution < 1.29 is 13.2 Å². The summed E-state index contributed by atoms with van der Waals surface area (Å²) in [6.07, 6.45) is 0. The Kier molecular flexibility index (Phi) is 6.17. The predicted octanol–water partition coefficient (Wildman–Crippen LogP) is 2.23. The number of sulfonamides is 1. The van der Waals surface area contributed by atoms with E-state index in [9.17, 15) is 13.2 Å². The van der Waals surface area contributed by atoms with Crippen LogP contribution in [0.15, 0.2) is 53.4 Å². The number of carbonyl (C=O) groups is 1. The first-order valence-electron chi connectivity index (χ1n) is 8.11. The minimum absolute atomic E-state index is 0.230. The Balaban J connectivity index is 2.04. The molecule has 134 valence electrons. The fraction of sp³-hybridized carbons (Fsp3) is 0.278. The number of benzene rings is 2. The first-order chi connectivity index (χ1) is 11.9. The van der Waals surface area contributed by atoms with E-state index in [1.807, 2.05) is 0 Å². The molecular weight excluding hydrogens is 338 g/mol. The molecule has 0 saturated heterocycles. The second-order valence-electron chi connectivity index (χ2n) is 5.54. The Morgan fingerprint density at radius 1 is 1.08 bits per heavy atom. The number of hydrogen-bond donors (Lipinski definition) is 2. The van der Waals surface area contributed by atoms with Crippen LogP contribution in [0, 0.1) is 0 Å². The molecular formula is C18H23N3O3S. The van der Waals surface area contributed by atoms with Crippen molar-refractivity contribution in [1.82, 2.24) is 9.62 Å². The zero-order valence-corrected chi connectivity index (χ0v) is 15.2. The molecule has 0 aliphatic carbocycles. The molecule has 0 aliphatic heterocycles. The molecule has 1 amide bonds. The summed E-state index contributed by atoms with van der Waals surface area (Å²) in [7, 11) is -3.46. The molecule has 2 aromatic rings. The molecule has 0 radical (unpaired) electrons. The van der Waals surface area contributed by atoms with Crippen molar-refractivity contribution in [3.8, 4) is 0 Å². The SMILES string of the molecule is CCN(CC)S(=O)(=O)c1ccc(CNC(=O)c2cccc(N)c2)cc1. The summed E-state index contributed by atoms with van der Waals surface area (Å²) in [5.74, 6) is -0.230. The van der Waals surface area contributed by atoms with Gasteiger partial charge in [0.05, 0.1) is 4.90 Å². The van der Waals surface area contributed by atoms with Gasteiger partial charge in [-0.05, 0) is 35.9 Å². The molecule has 0 unspecified atom stereocenters. The lowest BCUT2D eigenvalue weighted by Gasteiger charge is -2.18. The average molecular weight is 361 g/mol. The van der Waals surface area contributed by atoms with E-state index in [0.717, 1.165) is 5.56 Å². The maximum Gasteiger partial charge on any atom is 0.251 e. The summed E-state index contributed by atoms with van der Waals surface area (Å²) in [5.41, 5.74) is 7.50. The highest BCUT2D eigenvalue weighted by molar-refractivity contribution is 7.89. The van der Waals surface area contributed by atoms with Crippen molar-refractivity contribution in [3.05, 3.63) is 59.7 Å². The van der Waals surface area contributed by atoms with E-state index < -0.39 is 10.0 Å². The summed E-state index contributed by atoms with van der Waals surface area (Å²) in [6, 6.07) is 13.3. The third-order valence-corrected chi connectivity index (χ3v) is 5.93. The molecule has 0 spiro atoms. The van der Waals surface area contributed by atoms with Gasteiger partial charge in [0.25, 0.3) is 5.91 Å². The maximum atomic E-state index is 12.4. The predicted molar refractivity (Wildman–Crippen MR) is 98.6 cm³/mol. The molecule has 2 rings (SSSR count). The lowest BCUT2D eigenvalue weighted by molar-refractivity contribution is 0.0951. The third-order valence-electron chi connectivity index (χ3n) is 3.87. The molecule has 3 N–H and O–H groups in total. The highest BCUT2D eigenvalue weighted by Gasteiger charge is 2.21. The summed E-state index contributed by atoms with van der Waals surface area (Å²) in [4.78, 5) is 12.3. The van der Waals surface area contributed by atoms with Gasteiger partial charge in [-0.3, -0.25) is 4.79 Å². The number of amides is 1. The van der Waals surface area contributed by atoms with Crippen molar-refractivity contribution in [2.45, 2.75) is 25.3 Å². The van der Waals surface area contributed by atoms with Crippen LogP contribution in [-0.4, -0.2) is 31.7 Å². The Morgan fingerprint density at radius 3 is 2.28 bits per heavy atom. The van der Waals surface area contributed by atoms with E-state index in [0.29, 0.717) is 30.9 Å². The molecule has 6 nitrogen and oxygen atoms in total. The maximum absolute atomic E-state index is 12.4. The zero-order chi connectivity index (χ0) is 18.4. The number of anilines is 1. The first-order valence-corrected chi connectivity index (χ1v) is 9.55. The van der Waals surface area contributed by atoms with Gasteiger partial charge in [0.15, 0.2) is 0 Å². The van der Waals surface area contributed by atoms with Gasteiger partial charge in [0, 0.05) is 30.9 Å². The number of rotatable bonds is 7. The van der Waals surface area contributed by atoms with Crippen LogP contribution in [0.3, 0.4) is 0 Å². The standard InChI is InChI=1S/C18H23N3O3S/c1-3-21(4-2)25(23,24)17-10-8-14(9-11-17)13-20-18(22)15-6-5-7-16(19)12-15/h5-12H,3-4,13,19H2,1-2H3,(H,20,22). The second-order valence-corrected chi connectivity index (χ2v) is 7.48. The van der Waals surface area contributed by atoms with E-state index in [1.54, 1.807) is 62.4 Å².